The average molecular weight is 290 g/mol. The van der Waals surface area contributed by atoms with Gasteiger partial charge in [-0.05, 0) is 49.1 Å². The third kappa shape index (κ3) is 2.59. The van der Waals surface area contributed by atoms with Crippen molar-refractivity contribution in [2.45, 2.75) is 37.4 Å². The van der Waals surface area contributed by atoms with E-state index < -0.39 is 0 Å². The largest absolute Gasteiger partial charge is 0.321 e. The number of hydrogen-bond donors (Lipinski definition) is 1. The van der Waals surface area contributed by atoms with E-state index in [4.69, 9.17) is 0 Å². The standard InChI is InChI=1S/C16H22N2OS/c1-10-8-13(10)9-18-15(17-11(2)16(18)19)12-4-6-14(20-3)7-5-12/h4-7,10-11,13,15,17H,8-9H2,1-3H3. The maximum Gasteiger partial charge on any atom is 0.241 e. The van der Waals surface area contributed by atoms with Crippen LogP contribution in [-0.2, 0) is 4.79 Å². The van der Waals surface area contributed by atoms with Crippen LogP contribution >= 0.6 is 11.8 Å². The molecule has 0 aromatic heterocycles. The van der Waals surface area contributed by atoms with Gasteiger partial charge in [0.05, 0.1) is 6.04 Å². The maximum atomic E-state index is 12.3. The minimum Gasteiger partial charge on any atom is -0.321 e. The second-order valence-electron chi connectivity index (χ2n) is 6.03. The lowest BCUT2D eigenvalue weighted by Crippen LogP contribution is -2.32. The lowest BCUT2D eigenvalue weighted by molar-refractivity contribution is -0.130. The van der Waals surface area contributed by atoms with Crippen molar-refractivity contribution in [3.05, 3.63) is 29.8 Å². The fraction of sp³-hybridized carbons (Fsp3) is 0.562. The summed E-state index contributed by atoms with van der Waals surface area (Å²) in [4.78, 5) is 15.6. The van der Waals surface area contributed by atoms with E-state index in [1.807, 2.05) is 11.8 Å². The molecule has 4 unspecified atom stereocenters. The minimum absolute atomic E-state index is 0.0428. The quantitative estimate of drug-likeness (QED) is 0.865. The zero-order valence-corrected chi connectivity index (χ0v) is 13.1. The molecule has 4 atom stereocenters. The average Bonchev–Trinajstić information content (AvgIpc) is 3.09. The number of carbonyl (C=O) groups excluding carboxylic acids is 1. The normalized spacial score (nSPS) is 32.8. The second-order valence-corrected chi connectivity index (χ2v) is 6.91. The maximum absolute atomic E-state index is 12.3. The zero-order chi connectivity index (χ0) is 14.3. The molecule has 1 aromatic carbocycles. The predicted octanol–water partition coefficient (Wildman–Crippen LogP) is 2.88. The molecule has 3 nitrogen and oxygen atoms in total. The Bertz CT molecular complexity index is 502. The van der Waals surface area contributed by atoms with E-state index in [1.165, 1.54) is 16.9 Å². The van der Waals surface area contributed by atoms with Gasteiger partial charge in [0.25, 0.3) is 0 Å². The number of hydrogen-bond acceptors (Lipinski definition) is 3. The van der Waals surface area contributed by atoms with E-state index in [-0.39, 0.29) is 18.1 Å². The van der Waals surface area contributed by atoms with Crippen LogP contribution in [0.3, 0.4) is 0 Å². The van der Waals surface area contributed by atoms with Crippen LogP contribution in [0.2, 0.25) is 0 Å². The van der Waals surface area contributed by atoms with Gasteiger partial charge in [0, 0.05) is 11.4 Å². The highest BCUT2D eigenvalue weighted by Gasteiger charge is 2.42. The summed E-state index contributed by atoms with van der Waals surface area (Å²) in [5.41, 5.74) is 1.19. The SMILES string of the molecule is CSc1ccc(C2NC(C)C(=O)N2CC2CC2C)cc1. The molecule has 2 fully saturated rings. The summed E-state index contributed by atoms with van der Waals surface area (Å²) in [5, 5.41) is 3.43. The van der Waals surface area contributed by atoms with Crippen LogP contribution in [0.5, 0.6) is 0 Å². The fourth-order valence-electron chi connectivity index (χ4n) is 2.94. The molecule has 1 aliphatic carbocycles. The third-order valence-electron chi connectivity index (χ3n) is 4.51. The smallest absolute Gasteiger partial charge is 0.241 e. The van der Waals surface area contributed by atoms with Gasteiger partial charge in [-0.15, -0.1) is 11.8 Å². The number of nitrogens with one attached hydrogen (secondary N) is 1. The highest BCUT2D eigenvalue weighted by atomic mass is 32.2. The van der Waals surface area contributed by atoms with Gasteiger partial charge in [0.1, 0.15) is 6.17 Å². The molecule has 20 heavy (non-hydrogen) atoms. The van der Waals surface area contributed by atoms with Crippen LogP contribution in [0.4, 0.5) is 0 Å². The van der Waals surface area contributed by atoms with Crippen LogP contribution in [0, 0.1) is 11.8 Å². The molecule has 1 saturated heterocycles. The van der Waals surface area contributed by atoms with Gasteiger partial charge in [-0.2, -0.15) is 0 Å². The van der Waals surface area contributed by atoms with E-state index in [1.54, 1.807) is 11.8 Å². The first kappa shape index (κ1) is 14.0. The van der Waals surface area contributed by atoms with Crippen molar-refractivity contribution in [3.63, 3.8) is 0 Å². The topological polar surface area (TPSA) is 32.3 Å². The molecule has 1 aromatic rings. The minimum atomic E-state index is -0.0747. The van der Waals surface area contributed by atoms with Gasteiger partial charge in [-0.1, -0.05) is 19.1 Å². The van der Waals surface area contributed by atoms with Crippen molar-refractivity contribution in [2.75, 3.05) is 12.8 Å². The Morgan fingerprint density at radius 1 is 1.30 bits per heavy atom. The van der Waals surface area contributed by atoms with Crippen molar-refractivity contribution in [1.29, 1.82) is 0 Å². The molecule has 1 aliphatic heterocycles. The molecular weight excluding hydrogens is 268 g/mol. The Morgan fingerprint density at radius 3 is 2.50 bits per heavy atom. The van der Waals surface area contributed by atoms with Crippen LogP contribution in [0.15, 0.2) is 29.2 Å². The second kappa shape index (κ2) is 5.41. The molecule has 4 heteroatoms. The Morgan fingerprint density at radius 2 is 1.95 bits per heavy atom. The summed E-state index contributed by atoms with van der Waals surface area (Å²) < 4.78 is 0. The van der Waals surface area contributed by atoms with Crippen LogP contribution in [-0.4, -0.2) is 29.6 Å². The van der Waals surface area contributed by atoms with Gasteiger partial charge >= 0.3 is 0 Å². The molecule has 2 aliphatic rings. The fourth-order valence-corrected chi connectivity index (χ4v) is 3.35. The number of rotatable bonds is 4. The van der Waals surface area contributed by atoms with Gasteiger partial charge in [-0.25, -0.2) is 0 Å². The van der Waals surface area contributed by atoms with Crippen LogP contribution in [0.1, 0.15) is 32.0 Å². The van der Waals surface area contributed by atoms with Crippen molar-refractivity contribution in [1.82, 2.24) is 10.2 Å². The highest BCUT2D eigenvalue weighted by Crippen LogP contribution is 2.40. The van der Waals surface area contributed by atoms with Gasteiger partial charge < -0.3 is 4.90 Å². The molecule has 3 rings (SSSR count). The number of amides is 1. The van der Waals surface area contributed by atoms with E-state index >= 15 is 0 Å². The summed E-state index contributed by atoms with van der Waals surface area (Å²) in [5.74, 6) is 1.71. The Kier molecular flexibility index (Phi) is 3.78. The lowest BCUT2D eigenvalue weighted by Gasteiger charge is -2.25. The van der Waals surface area contributed by atoms with Gasteiger partial charge in [-0.3, -0.25) is 10.1 Å². The first-order chi connectivity index (χ1) is 9.60. The van der Waals surface area contributed by atoms with Gasteiger partial charge in [0.2, 0.25) is 5.91 Å². The Hall–Kier alpha value is -1.00. The van der Waals surface area contributed by atoms with E-state index in [0.29, 0.717) is 5.92 Å². The molecule has 1 saturated carbocycles. The first-order valence-electron chi connectivity index (χ1n) is 7.30. The van der Waals surface area contributed by atoms with E-state index in [9.17, 15) is 4.79 Å². The van der Waals surface area contributed by atoms with E-state index in [0.717, 1.165) is 12.5 Å². The molecule has 1 heterocycles. The van der Waals surface area contributed by atoms with Crippen molar-refractivity contribution < 1.29 is 4.79 Å². The zero-order valence-electron chi connectivity index (χ0n) is 12.3. The van der Waals surface area contributed by atoms with Crippen molar-refractivity contribution >= 4 is 17.7 Å². The Labute approximate surface area is 125 Å². The molecule has 1 N–H and O–H groups in total. The van der Waals surface area contributed by atoms with Crippen molar-refractivity contribution in [3.8, 4) is 0 Å². The highest BCUT2D eigenvalue weighted by molar-refractivity contribution is 7.98. The third-order valence-corrected chi connectivity index (χ3v) is 5.26. The molecule has 0 bridgehead atoms. The Balaban J connectivity index is 1.79. The monoisotopic (exact) mass is 290 g/mol. The summed E-state index contributed by atoms with van der Waals surface area (Å²) in [6.45, 7) is 5.12. The summed E-state index contributed by atoms with van der Waals surface area (Å²) in [7, 11) is 0. The lowest BCUT2D eigenvalue weighted by atomic mass is 10.1. The molecular formula is C16H22N2OS. The number of nitrogens with zero attached hydrogens (tertiary/aromatic N) is 1. The molecule has 0 spiro atoms. The van der Waals surface area contributed by atoms with Gasteiger partial charge in [0.15, 0.2) is 0 Å². The van der Waals surface area contributed by atoms with E-state index in [2.05, 4.69) is 42.8 Å². The number of thioether (sulfide) groups is 1. The predicted molar refractivity (Wildman–Crippen MR) is 82.5 cm³/mol. The van der Waals surface area contributed by atoms with Crippen LogP contribution in [0.25, 0.3) is 0 Å². The summed E-state index contributed by atoms with van der Waals surface area (Å²) in [6.07, 6.45) is 3.38. The molecule has 0 radical (unpaired) electrons. The summed E-state index contributed by atoms with van der Waals surface area (Å²) in [6, 6.07) is 8.46. The van der Waals surface area contributed by atoms with Crippen LogP contribution < -0.4 is 5.32 Å². The first-order valence-corrected chi connectivity index (χ1v) is 8.53. The molecule has 108 valence electrons. The number of carbonyl (C=O) groups is 1. The molecule has 1 amide bonds. The summed E-state index contributed by atoms with van der Waals surface area (Å²) >= 11 is 1.74. The van der Waals surface area contributed by atoms with Crippen molar-refractivity contribution in [2.24, 2.45) is 11.8 Å². The number of benzene rings is 1.